The Morgan fingerprint density at radius 2 is 1.94 bits per heavy atom. The number of nitrogens with one attached hydrogen (secondary N) is 1. The first-order valence-electron chi connectivity index (χ1n) is 8.20. The fourth-order valence-corrected chi connectivity index (χ4v) is 3.58. The molecule has 1 N–H and O–H groups in total. The zero-order chi connectivity index (χ0) is 12.5. The molecule has 2 nitrogen and oxygen atoms in total. The van der Waals surface area contributed by atoms with Gasteiger partial charge in [0.15, 0.2) is 0 Å². The minimum absolute atomic E-state index is 0.749. The maximum absolute atomic E-state index is 3.81. The van der Waals surface area contributed by atoms with Crippen molar-refractivity contribution >= 4 is 0 Å². The fourth-order valence-electron chi connectivity index (χ4n) is 3.58. The molecule has 104 valence electrons. The molecule has 0 amide bonds. The molecule has 2 atom stereocenters. The molecule has 0 radical (unpaired) electrons. The normalized spacial score (nSPS) is 34.2. The minimum Gasteiger partial charge on any atom is -0.311 e. The molecule has 3 rings (SSSR count). The second kappa shape index (κ2) is 5.50. The van der Waals surface area contributed by atoms with E-state index >= 15 is 0 Å². The topological polar surface area (TPSA) is 15.3 Å². The van der Waals surface area contributed by atoms with Gasteiger partial charge in [-0.25, -0.2) is 0 Å². The number of piperazine rings is 1. The van der Waals surface area contributed by atoms with E-state index in [0.717, 1.165) is 29.8 Å². The van der Waals surface area contributed by atoms with E-state index in [1.807, 2.05) is 0 Å². The summed E-state index contributed by atoms with van der Waals surface area (Å²) in [7, 11) is 0. The maximum Gasteiger partial charge on any atom is 0.0249 e. The van der Waals surface area contributed by atoms with Crippen molar-refractivity contribution in [2.75, 3.05) is 19.6 Å². The molecule has 0 aromatic heterocycles. The maximum atomic E-state index is 3.81. The first kappa shape index (κ1) is 12.9. The first-order chi connectivity index (χ1) is 8.72. The standard InChI is InChI=1S/C16H30N2/c1-12(2)9-15-11-18(8-7-13-3-4-13)16(10-17-15)14-5-6-14/h12-17H,3-11H2,1-2H3. The van der Waals surface area contributed by atoms with Gasteiger partial charge in [0, 0.05) is 25.2 Å². The second-order valence-corrected chi connectivity index (χ2v) is 7.37. The van der Waals surface area contributed by atoms with Gasteiger partial charge in [-0.2, -0.15) is 0 Å². The Morgan fingerprint density at radius 3 is 2.56 bits per heavy atom. The monoisotopic (exact) mass is 250 g/mol. The zero-order valence-corrected chi connectivity index (χ0v) is 12.2. The molecule has 1 heterocycles. The molecule has 3 fully saturated rings. The van der Waals surface area contributed by atoms with Crippen LogP contribution in [0, 0.1) is 17.8 Å². The van der Waals surface area contributed by atoms with Crippen molar-refractivity contribution in [3.05, 3.63) is 0 Å². The third kappa shape index (κ3) is 3.48. The van der Waals surface area contributed by atoms with Gasteiger partial charge in [0.1, 0.15) is 0 Å². The van der Waals surface area contributed by atoms with Crippen LogP contribution >= 0.6 is 0 Å². The van der Waals surface area contributed by atoms with Crippen LogP contribution in [0.5, 0.6) is 0 Å². The Kier molecular flexibility index (Phi) is 3.95. The highest BCUT2D eigenvalue weighted by molar-refractivity contribution is 4.95. The van der Waals surface area contributed by atoms with Crippen LogP contribution in [0.25, 0.3) is 0 Å². The highest BCUT2D eigenvalue weighted by atomic mass is 15.2. The summed E-state index contributed by atoms with van der Waals surface area (Å²) >= 11 is 0. The fraction of sp³-hybridized carbons (Fsp3) is 1.00. The summed E-state index contributed by atoms with van der Waals surface area (Å²) in [6.07, 6.45) is 8.81. The van der Waals surface area contributed by atoms with Gasteiger partial charge in [-0.1, -0.05) is 26.7 Å². The quantitative estimate of drug-likeness (QED) is 0.780. The Labute approximate surface area is 113 Å². The van der Waals surface area contributed by atoms with Gasteiger partial charge >= 0.3 is 0 Å². The molecule has 18 heavy (non-hydrogen) atoms. The van der Waals surface area contributed by atoms with Crippen molar-refractivity contribution in [2.24, 2.45) is 17.8 Å². The van der Waals surface area contributed by atoms with Crippen molar-refractivity contribution in [2.45, 2.75) is 64.5 Å². The lowest BCUT2D eigenvalue weighted by Gasteiger charge is -2.41. The van der Waals surface area contributed by atoms with Gasteiger partial charge in [-0.15, -0.1) is 0 Å². The molecule has 0 aromatic carbocycles. The van der Waals surface area contributed by atoms with E-state index in [1.165, 1.54) is 58.2 Å². The van der Waals surface area contributed by atoms with Gasteiger partial charge in [0.2, 0.25) is 0 Å². The van der Waals surface area contributed by atoms with Crippen LogP contribution in [0.2, 0.25) is 0 Å². The summed E-state index contributed by atoms with van der Waals surface area (Å²) in [5.41, 5.74) is 0. The first-order valence-corrected chi connectivity index (χ1v) is 8.20. The van der Waals surface area contributed by atoms with Crippen LogP contribution in [0.1, 0.15) is 52.4 Å². The SMILES string of the molecule is CC(C)CC1CN(CCC2CC2)C(C2CC2)CN1. The zero-order valence-electron chi connectivity index (χ0n) is 12.2. The predicted molar refractivity (Wildman–Crippen MR) is 76.7 cm³/mol. The molecule has 2 heteroatoms. The van der Waals surface area contributed by atoms with Crippen LogP contribution in [0.4, 0.5) is 0 Å². The molecule has 1 aliphatic heterocycles. The van der Waals surface area contributed by atoms with Crippen molar-refractivity contribution < 1.29 is 0 Å². The Morgan fingerprint density at radius 1 is 1.17 bits per heavy atom. The van der Waals surface area contributed by atoms with Crippen LogP contribution in [-0.4, -0.2) is 36.6 Å². The van der Waals surface area contributed by atoms with Crippen LogP contribution in [-0.2, 0) is 0 Å². The summed E-state index contributed by atoms with van der Waals surface area (Å²) in [5.74, 6) is 2.94. The van der Waals surface area contributed by atoms with E-state index in [9.17, 15) is 0 Å². The van der Waals surface area contributed by atoms with Gasteiger partial charge in [-0.05, 0) is 50.0 Å². The van der Waals surface area contributed by atoms with E-state index in [0.29, 0.717) is 0 Å². The van der Waals surface area contributed by atoms with Crippen molar-refractivity contribution in [3.63, 3.8) is 0 Å². The Hall–Kier alpha value is -0.0800. The summed E-state index contributed by atoms with van der Waals surface area (Å²) < 4.78 is 0. The van der Waals surface area contributed by atoms with Crippen LogP contribution in [0.3, 0.4) is 0 Å². The lowest BCUT2D eigenvalue weighted by Crippen LogP contribution is -2.57. The number of rotatable bonds is 6. The Balaban J connectivity index is 1.52. The summed E-state index contributed by atoms with van der Waals surface area (Å²) in [6.45, 7) is 8.65. The lowest BCUT2D eigenvalue weighted by atomic mass is 9.98. The molecule has 1 saturated heterocycles. The molecule has 3 aliphatic rings. The minimum atomic E-state index is 0.749. The van der Waals surface area contributed by atoms with Crippen LogP contribution < -0.4 is 5.32 Å². The molecular formula is C16H30N2. The van der Waals surface area contributed by atoms with Gasteiger partial charge < -0.3 is 5.32 Å². The highest BCUT2D eigenvalue weighted by Gasteiger charge is 2.39. The summed E-state index contributed by atoms with van der Waals surface area (Å²) in [5, 5.41) is 3.81. The molecule has 0 spiro atoms. The predicted octanol–water partition coefficient (Wildman–Crippen LogP) is 2.89. The number of hydrogen-bond donors (Lipinski definition) is 1. The largest absolute Gasteiger partial charge is 0.311 e. The van der Waals surface area contributed by atoms with Crippen molar-refractivity contribution in [3.8, 4) is 0 Å². The molecule has 2 aliphatic carbocycles. The average Bonchev–Trinajstić information content (AvgIpc) is 3.19. The van der Waals surface area contributed by atoms with E-state index in [4.69, 9.17) is 0 Å². The third-order valence-corrected chi connectivity index (χ3v) is 4.98. The van der Waals surface area contributed by atoms with Crippen molar-refractivity contribution in [1.29, 1.82) is 0 Å². The molecule has 2 unspecified atom stereocenters. The van der Waals surface area contributed by atoms with Gasteiger partial charge in [0.05, 0.1) is 0 Å². The molecule has 0 aromatic rings. The lowest BCUT2D eigenvalue weighted by molar-refractivity contribution is 0.104. The van der Waals surface area contributed by atoms with Gasteiger partial charge in [0.25, 0.3) is 0 Å². The van der Waals surface area contributed by atoms with Crippen molar-refractivity contribution in [1.82, 2.24) is 10.2 Å². The summed E-state index contributed by atoms with van der Waals surface area (Å²) in [4.78, 5) is 2.85. The number of hydrogen-bond acceptors (Lipinski definition) is 2. The third-order valence-electron chi connectivity index (χ3n) is 4.98. The second-order valence-electron chi connectivity index (χ2n) is 7.37. The van der Waals surface area contributed by atoms with E-state index < -0.39 is 0 Å². The average molecular weight is 250 g/mol. The van der Waals surface area contributed by atoms with E-state index in [-0.39, 0.29) is 0 Å². The molecular weight excluding hydrogens is 220 g/mol. The molecule has 2 saturated carbocycles. The van der Waals surface area contributed by atoms with Crippen LogP contribution in [0.15, 0.2) is 0 Å². The van der Waals surface area contributed by atoms with E-state index in [2.05, 4.69) is 24.1 Å². The smallest absolute Gasteiger partial charge is 0.0249 e. The summed E-state index contributed by atoms with van der Waals surface area (Å²) in [6, 6.07) is 1.62. The highest BCUT2D eigenvalue weighted by Crippen LogP contribution is 2.38. The molecule has 0 bridgehead atoms. The number of nitrogens with zero attached hydrogens (tertiary/aromatic N) is 1. The van der Waals surface area contributed by atoms with E-state index in [1.54, 1.807) is 0 Å². The van der Waals surface area contributed by atoms with Gasteiger partial charge in [-0.3, -0.25) is 4.90 Å². The Bertz CT molecular complexity index is 268.